The Hall–Kier alpha value is -2.76. The Morgan fingerprint density at radius 3 is 2.53 bits per heavy atom. The number of rotatable bonds is 6. The van der Waals surface area contributed by atoms with E-state index in [-0.39, 0.29) is 12.2 Å². The van der Waals surface area contributed by atoms with E-state index in [0.29, 0.717) is 36.0 Å². The summed E-state index contributed by atoms with van der Waals surface area (Å²) in [4.78, 5) is 32.8. The molecule has 38 heavy (non-hydrogen) atoms. The number of carbonyl (C=O) groups excluding carboxylic acids is 1. The van der Waals surface area contributed by atoms with Crippen molar-refractivity contribution in [3.8, 4) is 0 Å². The molecule has 0 amide bonds. The highest BCUT2D eigenvalue weighted by Gasteiger charge is 2.35. The number of thiazole rings is 1. The highest BCUT2D eigenvalue weighted by Crippen LogP contribution is 2.35. The van der Waals surface area contributed by atoms with Crippen LogP contribution in [0.1, 0.15) is 55.2 Å². The summed E-state index contributed by atoms with van der Waals surface area (Å²) in [6, 6.07) is 18.7. The number of fused-ring (bicyclic) bond motifs is 1. The molecule has 6 nitrogen and oxygen atoms in total. The van der Waals surface area contributed by atoms with Gasteiger partial charge >= 0.3 is 5.97 Å². The van der Waals surface area contributed by atoms with Crippen LogP contribution in [0, 0.1) is 3.77 Å². The Morgan fingerprint density at radius 2 is 1.92 bits per heavy atom. The first kappa shape index (κ1) is 26.8. The number of carbonyl (C=O) groups is 1. The summed E-state index contributed by atoms with van der Waals surface area (Å²) in [6.45, 7) is 6.23. The smallest absolute Gasteiger partial charge is 0.338 e. The molecular weight excluding hydrogens is 679 g/mol. The van der Waals surface area contributed by atoms with Crippen LogP contribution < -0.4 is 14.9 Å². The lowest BCUT2D eigenvalue weighted by Crippen LogP contribution is -2.40. The van der Waals surface area contributed by atoms with E-state index in [0.717, 1.165) is 15.6 Å². The molecule has 0 fully saturated rings. The highest BCUT2D eigenvalue weighted by atomic mass is 127. The van der Waals surface area contributed by atoms with Crippen molar-refractivity contribution < 1.29 is 13.9 Å². The van der Waals surface area contributed by atoms with Gasteiger partial charge in [-0.25, -0.2) is 9.79 Å². The fourth-order valence-electron chi connectivity index (χ4n) is 4.38. The predicted octanol–water partition coefficient (Wildman–Crippen LogP) is 6.02. The summed E-state index contributed by atoms with van der Waals surface area (Å²) in [7, 11) is 0. The number of esters is 1. The van der Waals surface area contributed by atoms with E-state index in [1.165, 1.54) is 16.9 Å². The van der Waals surface area contributed by atoms with Crippen molar-refractivity contribution in [3.05, 3.63) is 117 Å². The van der Waals surface area contributed by atoms with Crippen LogP contribution >= 0.6 is 49.9 Å². The van der Waals surface area contributed by atoms with Crippen LogP contribution in [-0.2, 0) is 9.53 Å². The molecule has 3 heterocycles. The molecule has 194 valence electrons. The Bertz CT molecular complexity index is 1700. The molecular formula is C29H24BrIN2O4S. The van der Waals surface area contributed by atoms with Gasteiger partial charge in [-0.2, -0.15) is 0 Å². The van der Waals surface area contributed by atoms with Crippen molar-refractivity contribution in [2.24, 2.45) is 4.99 Å². The number of aromatic nitrogens is 1. The summed E-state index contributed by atoms with van der Waals surface area (Å²) in [6.07, 6.45) is 1.71. The first-order chi connectivity index (χ1) is 18.3. The third-order valence-corrected chi connectivity index (χ3v) is 9.34. The van der Waals surface area contributed by atoms with Gasteiger partial charge in [-0.3, -0.25) is 9.36 Å². The quantitative estimate of drug-likeness (QED) is 0.182. The van der Waals surface area contributed by atoms with Gasteiger partial charge in [0.25, 0.3) is 5.56 Å². The zero-order valence-electron chi connectivity index (χ0n) is 20.9. The number of ether oxygens (including phenoxy) is 1. The van der Waals surface area contributed by atoms with Gasteiger partial charge in [0.1, 0.15) is 5.76 Å². The molecule has 1 aliphatic rings. The van der Waals surface area contributed by atoms with E-state index in [9.17, 15) is 9.59 Å². The maximum atomic E-state index is 13.9. The van der Waals surface area contributed by atoms with Crippen molar-refractivity contribution >= 4 is 67.6 Å². The number of halogens is 2. The SMILES string of the molecule is CCOC(=O)C1=C(c2ccccc2)N=c2s/c(=C/c3cc(Br)c(I)o3)c(=O)n2C1c1ccc(C(C)C)cc1. The molecule has 0 aliphatic carbocycles. The second kappa shape index (κ2) is 11.2. The van der Waals surface area contributed by atoms with Gasteiger partial charge in [-0.05, 0) is 46.0 Å². The van der Waals surface area contributed by atoms with Crippen molar-refractivity contribution in [3.63, 3.8) is 0 Å². The molecule has 5 rings (SSSR count). The molecule has 0 N–H and O–H groups in total. The Balaban J connectivity index is 1.81. The van der Waals surface area contributed by atoms with E-state index in [1.807, 2.05) is 60.7 Å². The monoisotopic (exact) mass is 702 g/mol. The van der Waals surface area contributed by atoms with Crippen molar-refractivity contribution in [2.45, 2.75) is 32.7 Å². The largest absolute Gasteiger partial charge is 0.463 e. The standard InChI is InChI=1S/C29H24BrIN2O4S/c1-4-36-28(35)23-24(18-8-6-5-7-9-18)32-29-33(25(23)19-12-10-17(11-13-19)16(2)3)27(34)22(38-29)15-20-14-21(30)26(31)37-20/h5-16,25H,4H2,1-3H3/b22-15+. The third kappa shape index (κ3) is 5.11. The molecule has 0 saturated carbocycles. The molecule has 1 unspecified atom stereocenters. The summed E-state index contributed by atoms with van der Waals surface area (Å²) >= 11 is 6.81. The minimum atomic E-state index is -0.702. The first-order valence-corrected chi connectivity index (χ1v) is 14.8. The fourth-order valence-corrected chi connectivity index (χ4v) is 6.08. The van der Waals surface area contributed by atoms with Crippen molar-refractivity contribution in [2.75, 3.05) is 6.61 Å². The van der Waals surface area contributed by atoms with Gasteiger partial charge in [-0.1, -0.05) is 79.8 Å². The Kier molecular flexibility index (Phi) is 7.88. The number of hydrogen-bond donors (Lipinski definition) is 0. The normalized spacial score (nSPS) is 15.5. The number of hydrogen-bond acceptors (Lipinski definition) is 6. The Labute approximate surface area is 245 Å². The summed E-state index contributed by atoms with van der Waals surface area (Å²) in [5.74, 6) is 0.408. The van der Waals surface area contributed by atoms with Gasteiger partial charge in [0.2, 0.25) is 0 Å². The topological polar surface area (TPSA) is 73.8 Å². The van der Waals surface area contributed by atoms with Crippen LogP contribution in [0.15, 0.2) is 84.9 Å². The molecule has 1 atom stereocenters. The molecule has 2 aromatic carbocycles. The lowest BCUT2D eigenvalue weighted by Gasteiger charge is -2.26. The van der Waals surface area contributed by atoms with Crippen LogP contribution in [0.5, 0.6) is 0 Å². The van der Waals surface area contributed by atoms with Gasteiger partial charge in [0.15, 0.2) is 8.57 Å². The lowest BCUT2D eigenvalue weighted by atomic mass is 9.91. The number of furan rings is 1. The zero-order valence-corrected chi connectivity index (χ0v) is 25.5. The second-order valence-electron chi connectivity index (χ2n) is 9.02. The van der Waals surface area contributed by atoms with Crippen LogP contribution in [0.4, 0.5) is 0 Å². The fraction of sp³-hybridized carbons (Fsp3) is 0.207. The van der Waals surface area contributed by atoms with Crippen LogP contribution in [0.25, 0.3) is 11.8 Å². The highest BCUT2D eigenvalue weighted by molar-refractivity contribution is 14.1. The van der Waals surface area contributed by atoms with Crippen molar-refractivity contribution in [1.82, 2.24) is 4.57 Å². The van der Waals surface area contributed by atoms with Gasteiger partial charge in [-0.15, -0.1) is 0 Å². The molecule has 0 saturated heterocycles. The number of nitrogens with zero attached hydrogens (tertiary/aromatic N) is 2. The minimum Gasteiger partial charge on any atom is -0.463 e. The predicted molar refractivity (Wildman–Crippen MR) is 161 cm³/mol. The first-order valence-electron chi connectivity index (χ1n) is 12.1. The second-order valence-corrected chi connectivity index (χ2v) is 11.9. The van der Waals surface area contributed by atoms with E-state index in [2.05, 4.69) is 52.4 Å². The minimum absolute atomic E-state index is 0.208. The molecule has 2 aromatic heterocycles. The van der Waals surface area contributed by atoms with Crippen molar-refractivity contribution in [1.29, 1.82) is 0 Å². The summed E-state index contributed by atoms with van der Waals surface area (Å²) < 4.78 is 14.9. The number of benzene rings is 2. The van der Waals surface area contributed by atoms with Crippen LogP contribution in [-0.4, -0.2) is 17.1 Å². The maximum Gasteiger partial charge on any atom is 0.338 e. The maximum absolute atomic E-state index is 13.9. The van der Waals surface area contributed by atoms with Gasteiger partial charge in [0, 0.05) is 34.2 Å². The summed E-state index contributed by atoms with van der Waals surface area (Å²) in [5, 5.41) is 0. The molecule has 4 aromatic rings. The van der Waals surface area contributed by atoms with Gasteiger partial charge < -0.3 is 9.15 Å². The molecule has 9 heteroatoms. The molecule has 0 spiro atoms. The van der Waals surface area contributed by atoms with E-state index in [4.69, 9.17) is 14.1 Å². The molecule has 0 radical (unpaired) electrons. The molecule has 0 bridgehead atoms. The third-order valence-electron chi connectivity index (χ3n) is 6.23. The summed E-state index contributed by atoms with van der Waals surface area (Å²) in [5.41, 5.74) is 3.35. The average molecular weight is 703 g/mol. The van der Waals surface area contributed by atoms with E-state index >= 15 is 0 Å². The lowest BCUT2D eigenvalue weighted by molar-refractivity contribution is -0.138. The van der Waals surface area contributed by atoms with E-state index < -0.39 is 12.0 Å². The Morgan fingerprint density at radius 1 is 1.21 bits per heavy atom. The zero-order chi connectivity index (χ0) is 27.0. The van der Waals surface area contributed by atoms with Crippen LogP contribution in [0.2, 0.25) is 0 Å². The molecule has 1 aliphatic heterocycles. The average Bonchev–Trinajstić information content (AvgIpc) is 3.40. The van der Waals surface area contributed by atoms with Gasteiger partial charge in [0.05, 0.1) is 32.9 Å². The van der Waals surface area contributed by atoms with E-state index in [1.54, 1.807) is 17.6 Å². The van der Waals surface area contributed by atoms with Crippen LogP contribution in [0.3, 0.4) is 0 Å².